The van der Waals surface area contributed by atoms with E-state index in [0.29, 0.717) is 0 Å². The summed E-state index contributed by atoms with van der Waals surface area (Å²) in [5.41, 5.74) is 4.65. The van der Waals surface area contributed by atoms with Gasteiger partial charge in [-0.3, -0.25) is 0 Å². The molecule has 0 spiro atoms. The minimum Gasteiger partial charge on any atom is -0.397 e. The Morgan fingerprint density at radius 3 is 2.75 bits per heavy atom. The molecule has 0 saturated carbocycles. The molecule has 2 N–H and O–H groups in total. The predicted molar refractivity (Wildman–Crippen MR) is 38.3 cm³/mol. The summed E-state index contributed by atoms with van der Waals surface area (Å²) >= 11 is 0. The van der Waals surface area contributed by atoms with E-state index >= 15 is 0 Å². The Labute approximate surface area is 67.4 Å². The molecule has 5 heteroatoms. The smallest absolute Gasteiger partial charge is 0.266 e. The molecule has 0 amide bonds. The van der Waals surface area contributed by atoms with Crippen LogP contribution >= 0.6 is 0 Å². The van der Waals surface area contributed by atoms with Crippen molar-refractivity contribution in [2.45, 2.75) is 6.43 Å². The molecule has 0 aliphatic carbocycles. The van der Waals surface area contributed by atoms with Crippen molar-refractivity contribution in [3.8, 4) is 6.07 Å². The lowest BCUT2D eigenvalue weighted by Crippen LogP contribution is -1.96. The fourth-order valence-electron chi connectivity index (χ4n) is 0.759. The van der Waals surface area contributed by atoms with Gasteiger partial charge in [-0.05, 0) is 6.07 Å². The molecular weight excluding hydrogens is 164 g/mol. The Hall–Kier alpha value is -1.70. The summed E-state index contributed by atoms with van der Waals surface area (Å²) in [4.78, 5) is 3.45. The second-order valence-corrected chi connectivity index (χ2v) is 2.12. The Kier molecular flexibility index (Phi) is 2.19. The van der Waals surface area contributed by atoms with Crippen LogP contribution in [0.15, 0.2) is 12.3 Å². The highest BCUT2D eigenvalue weighted by Gasteiger charge is 2.13. The van der Waals surface area contributed by atoms with Gasteiger partial charge in [0.25, 0.3) is 6.43 Å². The number of hydrogen-bond donors (Lipinski definition) is 1. The normalized spacial score (nSPS) is 9.83. The number of rotatable bonds is 1. The number of alkyl halides is 2. The van der Waals surface area contributed by atoms with Crippen LogP contribution in [-0.2, 0) is 0 Å². The lowest BCUT2D eigenvalue weighted by Gasteiger charge is -2.01. The average Bonchev–Trinajstić information content (AvgIpc) is 2.04. The fourth-order valence-corrected chi connectivity index (χ4v) is 0.759. The summed E-state index contributed by atoms with van der Waals surface area (Å²) in [6.07, 6.45) is -1.54. The molecule has 0 radical (unpaired) electrons. The summed E-state index contributed by atoms with van der Waals surface area (Å²) in [6.45, 7) is 0. The predicted octanol–water partition coefficient (Wildman–Crippen LogP) is 1.47. The fraction of sp³-hybridized carbons (Fsp3) is 0.143. The van der Waals surface area contributed by atoms with Crippen molar-refractivity contribution in [1.29, 1.82) is 5.26 Å². The summed E-state index contributed by atoms with van der Waals surface area (Å²) < 4.78 is 24.3. The number of nitrogen functional groups attached to an aromatic ring is 1. The third-order valence-electron chi connectivity index (χ3n) is 1.28. The zero-order valence-electron chi connectivity index (χ0n) is 5.96. The van der Waals surface area contributed by atoms with Crippen LogP contribution in [0.5, 0.6) is 0 Å². The standard InChI is InChI=1S/C7H5F2N3/c8-7(9)5-1-4(11)3-12-6(5)2-10/h1,3,7H,11H2. The van der Waals surface area contributed by atoms with Crippen LogP contribution in [0.25, 0.3) is 0 Å². The van der Waals surface area contributed by atoms with Gasteiger partial charge in [-0.15, -0.1) is 0 Å². The van der Waals surface area contributed by atoms with Gasteiger partial charge in [0.2, 0.25) is 0 Å². The van der Waals surface area contributed by atoms with Gasteiger partial charge >= 0.3 is 0 Å². The molecule has 0 aromatic carbocycles. The highest BCUT2D eigenvalue weighted by molar-refractivity contribution is 5.44. The van der Waals surface area contributed by atoms with Crippen molar-refractivity contribution in [2.75, 3.05) is 5.73 Å². The van der Waals surface area contributed by atoms with E-state index in [0.717, 1.165) is 6.07 Å². The molecule has 3 nitrogen and oxygen atoms in total. The SMILES string of the molecule is N#Cc1ncc(N)cc1C(F)F. The van der Waals surface area contributed by atoms with Crippen molar-refractivity contribution in [3.63, 3.8) is 0 Å². The molecule has 0 bridgehead atoms. The van der Waals surface area contributed by atoms with Crippen LogP contribution in [0.4, 0.5) is 14.5 Å². The van der Waals surface area contributed by atoms with Crippen molar-refractivity contribution in [3.05, 3.63) is 23.5 Å². The number of hydrogen-bond acceptors (Lipinski definition) is 3. The topological polar surface area (TPSA) is 62.7 Å². The maximum atomic E-state index is 12.1. The van der Waals surface area contributed by atoms with Crippen LogP contribution < -0.4 is 5.73 Å². The van der Waals surface area contributed by atoms with Gasteiger partial charge in [0, 0.05) is 0 Å². The van der Waals surface area contributed by atoms with Crippen LogP contribution in [0.1, 0.15) is 17.7 Å². The molecule has 0 saturated heterocycles. The van der Waals surface area contributed by atoms with Crippen LogP contribution in [-0.4, -0.2) is 4.98 Å². The molecule has 12 heavy (non-hydrogen) atoms. The first-order valence-corrected chi connectivity index (χ1v) is 3.09. The van der Waals surface area contributed by atoms with E-state index in [-0.39, 0.29) is 11.4 Å². The molecule has 0 atom stereocenters. The summed E-state index contributed by atoms with van der Waals surface area (Å²) in [5.74, 6) is 0. The molecular formula is C7H5F2N3. The highest BCUT2D eigenvalue weighted by Crippen LogP contribution is 2.22. The number of pyridine rings is 1. The van der Waals surface area contributed by atoms with Gasteiger partial charge < -0.3 is 5.73 Å². The number of nitrogens with two attached hydrogens (primary N) is 1. The Bertz CT molecular complexity index is 330. The summed E-state index contributed by atoms with van der Waals surface area (Å²) in [7, 11) is 0. The quantitative estimate of drug-likeness (QED) is 0.692. The number of nitrogens with zero attached hydrogens (tertiary/aromatic N) is 2. The van der Waals surface area contributed by atoms with Gasteiger partial charge in [0.1, 0.15) is 11.8 Å². The molecule has 1 rings (SSSR count). The second kappa shape index (κ2) is 3.13. The van der Waals surface area contributed by atoms with E-state index in [1.54, 1.807) is 6.07 Å². The van der Waals surface area contributed by atoms with Crippen molar-refractivity contribution in [2.24, 2.45) is 0 Å². The minimum atomic E-state index is -2.71. The molecule has 0 aliphatic heterocycles. The largest absolute Gasteiger partial charge is 0.397 e. The Morgan fingerprint density at radius 1 is 1.58 bits per heavy atom. The molecule has 0 fully saturated rings. The van der Waals surface area contributed by atoms with Crippen LogP contribution in [0, 0.1) is 11.3 Å². The van der Waals surface area contributed by atoms with Gasteiger partial charge in [-0.25, -0.2) is 13.8 Å². The van der Waals surface area contributed by atoms with E-state index in [1.165, 1.54) is 6.20 Å². The number of halogens is 2. The molecule has 1 aromatic rings. The highest BCUT2D eigenvalue weighted by atomic mass is 19.3. The molecule has 1 heterocycles. The average molecular weight is 169 g/mol. The lowest BCUT2D eigenvalue weighted by atomic mass is 10.2. The zero-order chi connectivity index (χ0) is 9.14. The van der Waals surface area contributed by atoms with E-state index in [1.807, 2.05) is 0 Å². The van der Waals surface area contributed by atoms with Crippen molar-refractivity contribution >= 4 is 5.69 Å². The monoisotopic (exact) mass is 169 g/mol. The molecule has 0 aliphatic rings. The van der Waals surface area contributed by atoms with Crippen LogP contribution in [0.3, 0.4) is 0 Å². The molecule has 0 unspecified atom stereocenters. The zero-order valence-corrected chi connectivity index (χ0v) is 5.96. The molecule has 1 aromatic heterocycles. The van der Waals surface area contributed by atoms with Crippen molar-refractivity contribution in [1.82, 2.24) is 4.98 Å². The van der Waals surface area contributed by atoms with Crippen LogP contribution in [0.2, 0.25) is 0 Å². The van der Waals surface area contributed by atoms with Crippen molar-refractivity contribution < 1.29 is 8.78 Å². The van der Waals surface area contributed by atoms with E-state index < -0.39 is 12.0 Å². The third-order valence-corrected chi connectivity index (χ3v) is 1.28. The first-order chi connectivity index (χ1) is 5.65. The molecule has 62 valence electrons. The maximum absolute atomic E-state index is 12.1. The first kappa shape index (κ1) is 8.40. The summed E-state index contributed by atoms with van der Waals surface area (Å²) in [6, 6.07) is 2.61. The van der Waals surface area contributed by atoms with Gasteiger partial charge in [-0.1, -0.05) is 0 Å². The van der Waals surface area contributed by atoms with E-state index in [4.69, 9.17) is 11.0 Å². The van der Waals surface area contributed by atoms with E-state index in [2.05, 4.69) is 4.98 Å². The Morgan fingerprint density at radius 2 is 2.25 bits per heavy atom. The summed E-state index contributed by atoms with van der Waals surface area (Å²) in [5, 5.41) is 8.37. The number of anilines is 1. The number of aromatic nitrogens is 1. The third kappa shape index (κ3) is 1.48. The second-order valence-electron chi connectivity index (χ2n) is 2.12. The van der Waals surface area contributed by atoms with Gasteiger partial charge in [0.15, 0.2) is 0 Å². The lowest BCUT2D eigenvalue weighted by molar-refractivity contribution is 0.150. The van der Waals surface area contributed by atoms with E-state index in [9.17, 15) is 8.78 Å². The minimum absolute atomic E-state index is 0.129. The van der Waals surface area contributed by atoms with Gasteiger partial charge in [0.05, 0.1) is 17.4 Å². The Balaban J connectivity index is 3.24. The maximum Gasteiger partial charge on any atom is 0.266 e. The number of nitriles is 1. The first-order valence-electron chi connectivity index (χ1n) is 3.09. The van der Waals surface area contributed by atoms with Gasteiger partial charge in [-0.2, -0.15) is 5.26 Å².